The number of fused-ring (bicyclic) bond motifs is 3. The van der Waals surface area contributed by atoms with Gasteiger partial charge in [-0.2, -0.15) is 0 Å². The number of halogens is 6. The van der Waals surface area contributed by atoms with Crippen LogP contribution in [0.1, 0.15) is 38.5 Å². The Balaban J connectivity index is 0.000000168. The molecule has 0 aromatic heterocycles. The van der Waals surface area contributed by atoms with Crippen molar-refractivity contribution in [1.29, 1.82) is 0 Å². The van der Waals surface area contributed by atoms with Crippen LogP contribution in [0, 0.1) is 5.92 Å². The molecule has 3 aliphatic carbocycles. The molecule has 0 amide bonds. The van der Waals surface area contributed by atoms with Crippen LogP contribution in [-0.4, -0.2) is 5.54 Å². The molecule has 8 heteroatoms. The Kier molecular flexibility index (Phi) is 2.85. The Bertz CT molecular complexity index is 237. The van der Waals surface area contributed by atoms with Gasteiger partial charge >= 0.3 is 33.0 Å². The van der Waals surface area contributed by atoms with E-state index in [4.69, 9.17) is 0 Å². The zero-order valence-electron chi connectivity index (χ0n) is 8.74. The fraction of sp³-hybridized carbons (Fsp3) is 1.00. The molecule has 0 spiro atoms. The molecule has 3 fully saturated rings. The van der Waals surface area contributed by atoms with Crippen LogP contribution in [0.3, 0.4) is 0 Å². The molecule has 1 nitrogen and oxygen atoms in total. The molecule has 0 unspecified atom stereocenters. The number of hydrogen-bond acceptors (Lipinski definition) is 0. The predicted molar refractivity (Wildman–Crippen MR) is 50.4 cm³/mol. The molecule has 3 saturated carbocycles. The van der Waals surface area contributed by atoms with Crippen molar-refractivity contribution in [3.05, 3.63) is 0 Å². The van der Waals surface area contributed by atoms with Crippen LogP contribution in [0.2, 0.25) is 0 Å². The van der Waals surface area contributed by atoms with Gasteiger partial charge in [0, 0.05) is 19.3 Å². The van der Waals surface area contributed by atoms with Crippen molar-refractivity contribution in [2.45, 2.75) is 44.1 Å². The van der Waals surface area contributed by atoms with E-state index in [1.165, 1.54) is 38.5 Å². The fourth-order valence-corrected chi connectivity index (χ4v) is 2.34. The van der Waals surface area contributed by atoms with Crippen LogP contribution in [0.15, 0.2) is 0 Å². The minimum Gasteiger partial charge on any atom is -0.353 e. The van der Waals surface area contributed by atoms with Crippen LogP contribution in [-0.2, 0) is 0 Å². The van der Waals surface area contributed by atoms with Gasteiger partial charge in [0.05, 0.1) is 5.54 Å². The second-order valence-electron chi connectivity index (χ2n) is 4.94. The SMILES string of the molecule is F[P-](F)(F)(F)(F)F.[NH3+]C12CCC(CC1)CC2. The smallest absolute Gasteiger partial charge is 0.0946 e. The van der Waals surface area contributed by atoms with E-state index >= 15 is 0 Å². The normalized spacial score (nSPS) is 38.1. The Hall–Kier alpha value is -0.0300. The molecule has 100 valence electrons. The second-order valence-corrected chi connectivity index (χ2v) is 6.86. The second kappa shape index (κ2) is 3.25. The molecule has 0 aromatic carbocycles. The molecule has 0 saturated heterocycles. The first-order valence-electron chi connectivity index (χ1n) is 5.15. The minimum absolute atomic E-state index is 0.536. The zero-order valence-corrected chi connectivity index (χ0v) is 9.64. The first kappa shape index (κ1) is 14.0. The third-order valence-electron chi connectivity index (χ3n) is 3.25. The van der Waals surface area contributed by atoms with Crippen LogP contribution in [0.25, 0.3) is 0 Å². The maximum Gasteiger partial charge on any atom is 0.0946 e. The zero-order chi connectivity index (χ0) is 12.7. The molecule has 0 aliphatic heterocycles. The molecular weight excluding hydrogens is 255 g/mol. The van der Waals surface area contributed by atoms with Gasteiger partial charge in [0.1, 0.15) is 0 Å². The van der Waals surface area contributed by atoms with Gasteiger partial charge in [-0.3, -0.25) is 0 Å². The molecule has 0 atom stereocenters. The van der Waals surface area contributed by atoms with Gasteiger partial charge < -0.3 is 5.73 Å². The largest absolute Gasteiger partial charge is 0.353 e. The van der Waals surface area contributed by atoms with E-state index in [1.807, 2.05) is 0 Å². The third-order valence-corrected chi connectivity index (χ3v) is 3.25. The van der Waals surface area contributed by atoms with E-state index in [2.05, 4.69) is 5.73 Å². The van der Waals surface area contributed by atoms with Gasteiger partial charge in [-0.25, -0.2) is 0 Å². The third kappa shape index (κ3) is 7.28. The van der Waals surface area contributed by atoms with E-state index < -0.39 is 7.81 Å². The standard InChI is InChI=1S/C8H15N.F6P/c9-8-4-1-7(2-5-8)3-6-8;1-7(2,3,4,5)6/h7H,1-6,9H2;/q;-1/p+1. The Labute approximate surface area is 89.6 Å². The van der Waals surface area contributed by atoms with Gasteiger partial charge in [-0.05, 0) is 25.2 Å². The molecule has 3 aliphatic rings. The molecule has 0 aromatic rings. The molecule has 0 radical (unpaired) electrons. The van der Waals surface area contributed by atoms with Gasteiger partial charge in [0.2, 0.25) is 0 Å². The summed E-state index contributed by atoms with van der Waals surface area (Å²) in [6.45, 7) is 0. The van der Waals surface area contributed by atoms with Gasteiger partial charge in [0.15, 0.2) is 0 Å². The summed E-state index contributed by atoms with van der Waals surface area (Å²) in [4.78, 5) is 0. The van der Waals surface area contributed by atoms with Crippen molar-refractivity contribution in [2.75, 3.05) is 0 Å². The Morgan fingerprint density at radius 2 is 1.06 bits per heavy atom. The van der Waals surface area contributed by atoms with E-state index in [9.17, 15) is 25.2 Å². The fourth-order valence-electron chi connectivity index (χ4n) is 2.34. The van der Waals surface area contributed by atoms with Crippen LogP contribution >= 0.6 is 7.81 Å². The molecular formula is C8H16F6NP. The maximum absolute atomic E-state index is 10.7. The van der Waals surface area contributed by atoms with Crippen molar-refractivity contribution in [2.24, 2.45) is 5.92 Å². The van der Waals surface area contributed by atoms with Crippen molar-refractivity contribution in [3.8, 4) is 0 Å². The average molecular weight is 271 g/mol. The average Bonchev–Trinajstić information content (AvgIpc) is 1.99. The van der Waals surface area contributed by atoms with E-state index in [-0.39, 0.29) is 0 Å². The van der Waals surface area contributed by atoms with Gasteiger partial charge in [0.25, 0.3) is 0 Å². The first-order chi connectivity index (χ1) is 6.73. The summed E-state index contributed by atoms with van der Waals surface area (Å²) in [5, 5.41) is 0. The Morgan fingerprint density at radius 3 is 1.19 bits per heavy atom. The minimum atomic E-state index is -10.7. The number of hydrogen-bond donors (Lipinski definition) is 1. The topological polar surface area (TPSA) is 27.6 Å². The summed E-state index contributed by atoms with van der Waals surface area (Å²) in [7, 11) is -10.7. The molecule has 16 heavy (non-hydrogen) atoms. The number of rotatable bonds is 0. The van der Waals surface area contributed by atoms with Crippen LogP contribution in [0.4, 0.5) is 25.2 Å². The van der Waals surface area contributed by atoms with E-state index in [0.717, 1.165) is 5.92 Å². The van der Waals surface area contributed by atoms with Crippen molar-refractivity contribution in [1.82, 2.24) is 0 Å². The van der Waals surface area contributed by atoms with E-state index in [1.54, 1.807) is 0 Å². The quantitative estimate of drug-likeness (QED) is 0.501. The molecule has 3 rings (SSSR count). The molecule has 2 bridgehead atoms. The summed E-state index contributed by atoms with van der Waals surface area (Å²) in [6, 6.07) is 0. The summed E-state index contributed by atoms with van der Waals surface area (Å²) >= 11 is 0. The molecule has 3 N–H and O–H groups in total. The predicted octanol–water partition coefficient (Wildman–Crippen LogP) is 4.33. The van der Waals surface area contributed by atoms with Crippen LogP contribution < -0.4 is 5.73 Å². The van der Waals surface area contributed by atoms with Gasteiger partial charge in [-0.15, -0.1) is 0 Å². The monoisotopic (exact) mass is 271 g/mol. The van der Waals surface area contributed by atoms with Crippen molar-refractivity contribution >= 4 is 7.81 Å². The summed E-state index contributed by atoms with van der Waals surface area (Å²) < 4.78 is 59.2. The summed E-state index contributed by atoms with van der Waals surface area (Å²) in [5.74, 6) is 1.09. The van der Waals surface area contributed by atoms with Crippen LogP contribution in [0.5, 0.6) is 0 Å². The summed E-state index contributed by atoms with van der Waals surface area (Å²) in [5.41, 5.74) is 4.82. The van der Waals surface area contributed by atoms with Gasteiger partial charge in [-0.1, -0.05) is 0 Å². The molecule has 0 heterocycles. The first-order valence-corrected chi connectivity index (χ1v) is 7.18. The maximum atomic E-state index is 9.87. The summed E-state index contributed by atoms with van der Waals surface area (Å²) in [6.07, 6.45) is 8.67. The Morgan fingerprint density at radius 1 is 0.812 bits per heavy atom. The van der Waals surface area contributed by atoms with Crippen molar-refractivity contribution in [3.63, 3.8) is 0 Å². The van der Waals surface area contributed by atoms with E-state index in [0.29, 0.717) is 5.54 Å². The van der Waals surface area contributed by atoms with Crippen molar-refractivity contribution < 1.29 is 30.9 Å². The number of quaternary nitrogens is 1.